The molecule has 110 valence electrons. The molecule has 1 N–H and O–H groups in total. The van der Waals surface area contributed by atoms with Crippen LogP contribution in [0.25, 0.3) is 11.6 Å². The Morgan fingerprint density at radius 1 is 1.00 bits per heavy atom. The van der Waals surface area contributed by atoms with Crippen molar-refractivity contribution in [1.29, 1.82) is 5.26 Å². The molecule has 3 rings (SSSR count). The standard InChI is InChI=1S/C19H19N3/c20-15-18(17-4-2-1-3-5-17)14-16-6-8-19(9-7-16)22-12-10-21-11-13-22/h1-9,14,21H,10-13H2/b18-14+. The van der Waals surface area contributed by atoms with Gasteiger partial charge in [0.25, 0.3) is 0 Å². The molecule has 1 aliphatic heterocycles. The highest BCUT2D eigenvalue weighted by Crippen LogP contribution is 2.20. The maximum atomic E-state index is 9.37. The Kier molecular flexibility index (Phi) is 4.53. The highest BCUT2D eigenvalue weighted by Gasteiger charge is 2.09. The zero-order valence-electron chi connectivity index (χ0n) is 12.5. The smallest absolute Gasteiger partial charge is 0.0998 e. The van der Waals surface area contributed by atoms with E-state index in [-0.39, 0.29) is 0 Å². The summed E-state index contributed by atoms with van der Waals surface area (Å²) in [6.07, 6.45) is 1.94. The fourth-order valence-corrected chi connectivity index (χ4v) is 2.67. The van der Waals surface area contributed by atoms with E-state index < -0.39 is 0 Å². The lowest BCUT2D eigenvalue weighted by atomic mass is 10.0. The van der Waals surface area contributed by atoms with Crippen molar-refractivity contribution in [3.8, 4) is 6.07 Å². The largest absolute Gasteiger partial charge is 0.369 e. The lowest BCUT2D eigenvalue weighted by molar-refractivity contribution is 0.589. The third-order valence-electron chi connectivity index (χ3n) is 3.89. The van der Waals surface area contributed by atoms with Crippen LogP contribution in [0.2, 0.25) is 0 Å². The molecule has 0 aromatic heterocycles. The molecule has 1 heterocycles. The topological polar surface area (TPSA) is 39.1 Å². The van der Waals surface area contributed by atoms with Crippen LogP contribution in [0.4, 0.5) is 5.69 Å². The number of hydrogen-bond donors (Lipinski definition) is 1. The Hall–Kier alpha value is -2.57. The first kappa shape index (κ1) is 14.4. The van der Waals surface area contributed by atoms with E-state index in [0.717, 1.165) is 37.3 Å². The van der Waals surface area contributed by atoms with Gasteiger partial charge in [0.2, 0.25) is 0 Å². The molecule has 0 aliphatic carbocycles. The van der Waals surface area contributed by atoms with Gasteiger partial charge < -0.3 is 10.2 Å². The molecule has 2 aromatic rings. The van der Waals surface area contributed by atoms with Crippen LogP contribution in [0.15, 0.2) is 54.6 Å². The van der Waals surface area contributed by atoms with E-state index in [4.69, 9.17) is 0 Å². The Balaban J connectivity index is 1.80. The van der Waals surface area contributed by atoms with Gasteiger partial charge in [-0.25, -0.2) is 0 Å². The Morgan fingerprint density at radius 3 is 2.32 bits per heavy atom. The summed E-state index contributed by atoms with van der Waals surface area (Å²) in [5, 5.41) is 12.7. The second-order valence-electron chi connectivity index (χ2n) is 5.36. The van der Waals surface area contributed by atoms with E-state index in [2.05, 4.69) is 40.6 Å². The van der Waals surface area contributed by atoms with Crippen molar-refractivity contribution in [3.05, 3.63) is 65.7 Å². The summed E-state index contributed by atoms with van der Waals surface area (Å²) in [4.78, 5) is 2.38. The Bertz CT molecular complexity index is 675. The van der Waals surface area contributed by atoms with Crippen LogP contribution in [-0.2, 0) is 0 Å². The summed E-state index contributed by atoms with van der Waals surface area (Å²) >= 11 is 0. The summed E-state index contributed by atoms with van der Waals surface area (Å²) in [5.74, 6) is 0. The first-order valence-electron chi connectivity index (χ1n) is 7.60. The van der Waals surface area contributed by atoms with Crippen LogP contribution < -0.4 is 10.2 Å². The molecule has 0 radical (unpaired) electrons. The number of nitrogens with one attached hydrogen (secondary N) is 1. The molecule has 22 heavy (non-hydrogen) atoms. The predicted octanol–water partition coefficient (Wildman–Crippen LogP) is 3.16. The van der Waals surface area contributed by atoms with Crippen LogP contribution >= 0.6 is 0 Å². The second kappa shape index (κ2) is 6.93. The van der Waals surface area contributed by atoms with Crippen LogP contribution in [0.1, 0.15) is 11.1 Å². The van der Waals surface area contributed by atoms with Crippen molar-refractivity contribution in [2.45, 2.75) is 0 Å². The van der Waals surface area contributed by atoms with Gasteiger partial charge in [-0.05, 0) is 29.3 Å². The monoisotopic (exact) mass is 289 g/mol. The molecule has 1 fully saturated rings. The number of benzene rings is 2. The van der Waals surface area contributed by atoms with Crippen LogP contribution in [0.5, 0.6) is 0 Å². The van der Waals surface area contributed by atoms with Crippen molar-refractivity contribution in [2.75, 3.05) is 31.1 Å². The summed E-state index contributed by atoms with van der Waals surface area (Å²) in [6.45, 7) is 4.16. The van der Waals surface area contributed by atoms with Gasteiger partial charge in [0.1, 0.15) is 0 Å². The van der Waals surface area contributed by atoms with Gasteiger partial charge in [0.15, 0.2) is 0 Å². The van der Waals surface area contributed by atoms with Crippen molar-refractivity contribution in [2.24, 2.45) is 0 Å². The van der Waals surface area contributed by atoms with Gasteiger partial charge in [-0.3, -0.25) is 0 Å². The minimum atomic E-state index is 0.690. The van der Waals surface area contributed by atoms with Gasteiger partial charge in [-0.15, -0.1) is 0 Å². The molecule has 0 bridgehead atoms. The molecule has 0 amide bonds. The second-order valence-corrected chi connectivity index (χ2v) is 5.36. The molecule has 2 aromatic carbocycles. The lowest BCUT2D eigenvalue weighted by Crippen LogP contribution is -2.43. The summed E-state index contributed by atoms with van der Waals surface area (Å²) < 4.78 is 0. The molecule has 0 atom stereocenters. The molecule has 3 nitrogen and oxygen atoms in total. The van der Waals surface area contributed by atoms with Crippen molar-refractivity contribution in [3.63, 3.8) is 0 Å². The first-order chi connectivity index (χ1) is 10.9. The molecule has 1 aliphatic rings. The van der Waals surface area contributed by atoms with E-state index in [0.29, 0.717) is 5.57 Å². The highest BCUT2D eigenvalue weighted by molar-refractivity contribution is 5.89. The van der Waals surface area contributed by atoms with Gasteiger partial charge in [0, 0.05) is 31.9 Å². The number of piperazine rings is 1. The Morgan fingerprint density at radius 2 is 1.68 bits per heavy atom. The number of anilines is 1. The SMILES string of the molecule is N#C/C(=C\c1ccc(N2CCNCC2)cc1)c1ccccc1. The summed E-state index contributed by atoms with van der Waals surface area (Å²) in [6, 6.07) is 20.5. The molecule has 0 unspecified atom stereocenters. The number of allylic oxidation sites excluding steroid dienone is 1. The number of nitrogens with zero attached hydrogens (tertiary/aromatic N) is 2. The number of nitriles is 1. The fourth-order valence-electron chi connectivity index (χ4n) is 2.67. The van der Waals surface area contributed by atoms with Crippen LogP contribution in [-0.4, -0.2) is 26.2 Å². The molecule has 3 heteroatoms. The zero-order valence-corrected chi connectivity index (χ0v) is 12.5. The summed E-state index contributed by atoms with van der Waals surface area (Å²) in [7, 11) is 0. The average Bonchev–Trinajstić information content (AvgIpc) is 2.62. The van der Waals surface area contributed by atoms with Gasteiger partial charge in [-0.2, -0.15) is 5.26 Å². The normalized spacial score (nSPS) is 15.4. The van der Waals surface area contributed by atoms with Gasteiger partial charge >= 0.3 is 0 Å². The average molecular weight is 289 g/mol. The molecule has 1 saturated heterocycles. The Labute approximate surface area is 131 Å². The van der Waals surface area contributed by atoms with E-state index in [1.165, 1.54) is 5.69 Å². The van der Waals surface area contributed by atoms with Gasteiger partial charge in [-0.1, -0.05) is 42.5 Å². The van der Waals surface area contributed by atoms with E-state index >= 15 is 0 Å². The van der Waals surface area contributed by atoms with Crippen LogP contribution in [0, 0.1) is 11.3 Å². The minimum Gasteiger partial charge on any atom is -0.369 e. The molecule has 0 spiro atoms. The minimum absolute atomic E-state index is 0.690. The quantitative estimate of drug-likeness (QED) is 0.697. The van der Waals surface area contributed by atoms with E-state index in [1.807, 2.05) is 36.4 Å². The molecular formula is C19H19N3. The molecular weight excluding hydrogens is 270 g/mol. The van der Waals surface area contributed by atoms with Crippen LogP contribution in [0.3, 0.4) is 0 Å². The summed E-state index contributed by atoms with van der Waals surface area (Å²) in [5.41, 5.74) is 3.95. The third kappa shape index (κ3) is 3.36. The number of rotatable bonds is 3. The van der Waals surface area contributed by atoms with Crippen molar-refractivity contribution >= 4 is 17.3 Å². The maximum absolute atomic E-state index is 9.37. The van der Waals surface area contributed by atoms with Gasteiger partial charge in [0.05, 0.1) is 11.6 Å². The molecule has 0 saturated carbocycles. The van der Waals surface area contributed by atoms with E-state index in [1.54, 1.807) is 0 Å². The first-order valence-corrected chi connectivity index (χ1v) is 7.60. The highest BCUT2D eigenvalue weighted by atomic mass is 15.2. The van der Waals surface area contributed by atoms with Crippen molar-refractivity contribution in [1.82, 2.24) is 5.32 Å². The maximum Gasteiger partial charge on any atom is 0.0998 e. The third-order valence-corrected chi connectivity index (χ3v) is 3.89. The lowest BCUT2D eigenvalue weighted by Gasteiger charge is -2.29. The van der Waals surface area contributed by atoms with Crippen molar-refractivity contribution < 1.29 is 0 Å². The fraction of sp³-hybridized carbons (Fsp3) is 0.211. The van der Waals surface area contributed by atoms with E-state index in [9.17, 15) is 5.26 Å². The zero-order chi connectivity index (χ0) is 15.2. The number of hydrogen-bond acceptors (Lipinski definition) is 3. The predicted molar refractivity (Wildman–Crippen MR) is 91.5 cm³/mol.